The SMILES string of the molecule is Cc1cc(C)cc(NC(=O)CCc2c(C)nc3nc(C(F)(F)F)nn3c2C)c1. The Hall–Kier alpha value is -2.97. The smallest absolute Gasteiger partial charge is 0.326 e. The van der Waals surface area contributed by atoms with Gasteiger partial charge in [0.25, 0.3) is 11.6 Å². The van der Waals surface area contributed by atoms with Crippen LogP contribution in [0.5, 0.6) is 0 Å². The van der Waals surface area contributed by atoms with Crippen LogP contribution in [0.3, 0.4) is 0 Å². The first-order valence-corrected chi connectivity index (χ1v) is 8.73. The van der Waals surface area contributed by atoms with Gasteiger partial charge in [-0.25, -0.2) is 9.50 Å². The molecule has 148 valence electrons. The minimum absolute atomic E-state index is 0.106. The van der Waals surface area contributed by atoms with Crippen molar-refractivity contribution < 1.29 is 18.0 Å². The predicted octanol–water partition coefficient (Wildman–Crippen LogP) is 3.95. The van der Waals surface area contributed by atoms with Crippen LogP contribution in [-0.2, 0) is 17.4 Å². The number of anilines is 1. The van der Waals surface area contributed by atoms with Gasteiger partial charge in [0, 0.05) is 23.5 Å². The number of fused-ring (bicyclic) bond motifs is 1. The maximum atomic E-state index is 12.9. The van der Waals surface area contributed by atoms with Gasteiger partial charge < -0.3 is 5.32 Å². The molecule has 0 aliphatic heterocycles. The molecule has 0 saturated carbocycles. The maximum Gasteiger partial charge on any atom is 0.453 e. The molecular weight excluding hydrogens is 371 g/mol. The fourth-order valence-corrected chi connectivity index (χ4v) is 3.20. The van der Waals surface area contributed by atoms with Crippen molar-refractivity contribution in [3.63, 3.8) is 0 Å². The van der Waals surface area contributed by atoms with Gasteiger partial charge in [0.15, 0.2) is 0 Å². The number of carbonyl (C=O) groups is 1. The predicted molar refractivity (Wildman–Crippen MR) is 98.1 cm³/mol. The van der Waals surface area contributed by atoms with Crippen molar-refractivity contribution >= 4 is 17.4 Å². The Labute approximate surface area is 159 Å². The Balaban J connectivity index is 1.79. The molecule has 0 fully saturated rings. The minimum Gasteiger partial charge on any atom is -0.326 e. The van der Waals surface area contributed by atoms with Crippen molar-refractivity contribution in [2.24, 2.45) is 0 Å². The van der Waals surface area contributed by atoms with Crippen LogP contribution in [0.2, 0.25) is 0 Å². The lowest BCUT2D eigenvalue weighted by Gasteiger charge is -2.11. The molecule has 1 N–H and O–H groups in total. The number of amides is 1. The second-order valence-electron chi connectivity index (χ2n) is 6.83. The van der Waals surface area contributed by atoms with Crippen LogP contribution in [0.4, 0.5) is 18.9 Å². The van der Waals surface area contributed by atoms with E-state index in [2.05, 4.69) is 20.4 Å². The van der Waals surface area contributed by atoms with E-state index in [0.717, 1.165) is 21.3 Å². The summed E-state index contributed by atoms with van der Waals surface area (Å²) in [7, 11) is 0. The Bertz CT molecular complexity index is 1040. The molecule has 0 atom stereocenters. The van der Waals surface area contributed by atoms with Crippen molar-refractivity contribution in [2.45, 2.75) is 46.7 Å². The second kappa shape index (κ2) is 7.21. The molecule has 0 aliphatic rings. The summed E-state index contributed by atoms with van der Waals surface area (Å²) < 4.78 is 39.6. The van der Waals surface area contributed by atoms with Crippen LogP contribution in [-0.4, -0.2) is 25.5 Å². The van der Waals surface area contributed by atoms with Crippen LogP contribution in [0, 0.1) is 27.7 Å². The molecule has 1 amide bonds. The van der Waals surface area contributed by atoms with Crippen LogP contribution in [0.1, 0.15) is 40.3 Å². The zero-order valence-corrected chi connectivity index (χ0v) is 16.0. The first kappa shape index (κ1) is 19.8. The molecular formula is C19H20F3N5O. The molecule has 1 aromatic carbocycles. The quantitative estimate of drug-likeness (QED) is 0.731. The highest BCUT2D eigenvalue weighted by Gasteiger charge is 2.36. The molecule has 0 aliphatic carbocycles. The highest BCUT2D eigenvalue weighted by molar-refractivity contribution is 5.91. The topological polar surface area (TPSA) is 72.2 Å². The number of nitrogens with one attached hydrogen (secondary N) is 1. The summed E-state index contributed by atoms with van der Waals surface area (Å²) in [6.07, 6.45) is -4.14. The number of hydrogen-bond acceptors (Lipinski definition) is 4. The molecule has 0 bridgehead atoms. The van der Waals surface area contributed by atoms with Gasteiger partial charge in [-0.15, -0.1) is 5.10 Å². The molecule has 0 spiro atoms. The minimum atomic E-state index is -4.64. The van der Waals surface area contributed by atoms with Crippen molar-refractivity contribution in [3.8, 4) is 0 Å². The van der Waals surface area contributed by atoms with Crippen LogP contribution in [0.15, 0.2) is 18.2 Å². The van der Waals surface area contributed by atoms with Gasteiger partial charge in [-0.3, -0.25) is 4.79 Å². The highest BCUT2D eigenvalue weighted by Crippen LogP contribution is 2.27. The maximum absolute atomic E-state index is 12.9. The third-order valence-electron chi connectivity index (χ3n) is 4.41. The van der Waals surface area contributed by atoms with Gasteiger partial charge in [0.05, 0.1) is 0 Å². The van der Waals surface area contributed by atoms with Crippen molar-refractivity contribution in [1.82, 2.24) is 19.6 Å². The molecule has 3 aromatic rings. The Morgan fingerprint density at radius 3 is 2.32 bits per heavy atom. The molecule has 28 heavy (non-hydrogen) atoms. The summed E-state index contributed by atoms with van der Waals surface area (Å²) in [6, 6.07) is 5.77. The fraction of sp³-hybridized carbons (Fsp3) is 0.368. The van der Waals surface area contributed by atoms with E-state index >= 15 is 0 Å². The number of hydrogen-bond donors (Lipinski definition) is 1. The van der Waals surface area contributed by atoms with E-state index in [0.29, 0.717) is 23.4 Å². The van der Waals surface area contributed by atoms with Crippen molar-refractivity contribution in [2.75, 3.05) is 5.32 Å². The van der Waals surface area contributed by atoms with E-state index in [1.165, 1.54) is 0 Å². The summed E-state index contributed by atoms with van der Waals surface area (Å²) in [4.78, 5) is 19.9. The summed E-state index contributed by atoms with van der Waals surface area (Å²) in [6.45, 7) is 7.23. The average molecular weight is 391 g/mol. The normalized spacial score (nSPS) is 11.8. The van der Waals surface area contributed by atoms with E-state index in [4.69, 9.17) is 0 Å². The number of aryl methyl sites for hydroxylation is 4. The first-order valence-electron chi connectivity index (χ1n) is 8.73. The second-order valence-corrected chi connectivity index (χ2v) is 6.83. The lowest BCUT2D eigenvalue weighted by atomic mass is 10.1. The lowest BCUT2D eigenvalue weighted by Crippen LogP contribution is -2.14. The molecule has 0 radical (unpaired) electrons. The summed E-state index contributed by atoms with van der Waals surface area (Å²) in [5, 5.41) is 6.37. The van der Waals surface area contributed by atoms with E-state index in [1.54, 1.807) is 13.8 Å². The van der Waals surface area contributed by atoms with Gasteiger partial charge in [0.1, 0.15) is 0 Å². The third-order valence-corrected chi connectivity index (χ3v) is 4.41. The van der Waals surface area contributed by atoms with E-state index in [9.17, 15) is 18.0 Å². The molecule has 3 rings (SSSR count). The Morgan fingerprint density at radius 1 is 1.07 bits per heavy atom. The number of carbonyl (C=O) groups excluding carboxylic acids is 1. The molecule has 2 heterocycles. The lowest BCUT2D eigenvalue weighted by molar-refractivity contribution is -0.144. The average Bonchev–Trinajstić information content (AvgIpc) is 2.98. The standard InChI is InChI=1S/C19H20F3N5O/c1-10-7-11(2)9-14(8-10)24-16(28)6-5-15-12(3)23-18-25-17(19(20,21)22)26-27(18)13(15)4/h7-9H,5-6H2,1-4H3,(H,24,28). The van der Waals surface area contributed by atoms with Crippen LogP contribution in [0.25, 0.3) is 5.78 Å². The Kier molecular flexibility index (Phi) is 5.10. The summed E-state index contributed by atoms with van der Waals surface area (Å²) in [5.41, 5.74) is 4.51. The van der Waals surface area contributed by atoms with Gasteiger partial charge in [0.2, 0.25) is 5.91 Å². The van der Waals surface area contributed by atoms with E-state index < -0.39 is 12.0 Å². The third kappa shape index (κ3) is 4.13. The summed E-state index contributed by atoms with van der Waals surface area (Å²) >= 11 is 0. The zero-order chi connectivity index (χ0) is 20.6. The number of rotatable bonds is 4. The van der Waals surface area contributed by atoms with Crippen LogP contribution < -0.4 is 5.32 Å². The van der Waals surface area contributed by atoms with Gasteiger partial charge in [-0.1, -0.05) is 6.07 Å². The van der Waals surface area contributed by atoms with Crippen molar-refractivity contribution in [1.29, 1.82) is 0 Å². The molecule has 9 heteroatoms. The van der Waals surface area contributed by atoms with Gasteiger partial charge in [-0.05, 0) is 62.9 Å². The van der Waals surface area contributed by atoms with Gasteiger partial charge in [-0.2, -0.15) is 18.2 Å². The fourth-order valence-electron chi connectivity index (χ4n) is 3.20. The zero-order valence-electron chi connectivity index (χ0n) is 16.0. The van der Waals surface area contributed by atoms with E-state index in [-0.39, 0.29) is 18.1 Å². The monoisotopic (exact) mass is 391 g/mol. The number of nitrogens with zero attached hydrogens (tertiary/aromatic N) is 4. The number of halogens is 3. The number of alkyl halides is 3. The molecule has 0 saturated heterocycles. The van der Waals surface area contributed by atoms with E-state index in [1.807, 2.05) is 32.0 Å². The molecule has 0 unspecified atom stereocenters. The summed E-state index contributed by atoms with van der Waals surface area (Å²) in [5.74, 6) is -1.52. The van der Waals surface area contributed by atoms with Crippen molar-refractivity contribution in [3.05, 3.63) is 52.1 Å². The number of benzene rings is 1. The Morgan fingerprint density at radius 2 is 1.71 bits per heavy atom. The van der Waals surface area contributed by atoms with Crippen LogP contribution >= 0.6 is 0 Å². The molecule has 6 nitrogen and oxygen atoms in total. The van der Waals surface area contributed by atoms with Gasteiger partial charge >= 0.3 is 6.18 Å². The molecule has 2 aromatic heterocycles. The largest absolute Gasteiger partial charge is 0.453 e. The first-order chi connectivity index (χ1) is 13.0. The highest BCUT2D eigenvalue weighted by atomic mass is 19.4. The number of aromatic nitrogens is 4.